The summed E-state index contributed by atoms with van der Waals surface area (Å²) in [6.45, 7) is 6.35. The Morgan fingerprint density at radius 1 is 1.14 bits per heavy atom. The van der Waals surface area contributed by atoms with Gasteiger partial charge in [0.05, 0.1) is 22.5 Å². The van der Waals surface area contributed by atoms with Crippen LogP contribution in [0, 0.1) is 0 Å². The Morgan fingerprint density at radius 3 is 2.51 bits per heavy atom. The third-order valence-corrected chi connectivity index (χ3v) is 9.42. The van der Waals surface area contributed by atoms with Gasteiger partial charge in [0.15, 0.2) is 9.84 Å². The van der Waals surface area contributed by atoms with E-state index in [1.165, 1.54) is 15.4 Å². The van der Waals surface area contributed by atoms with E-state index in [4.69, 9.17) is 17.0 Å². The summed E-state index contributed by atoms with van der Waals surface area (Å²) in [6.07, 6.45) is 3.37. The molecule has 11 heteroatoms. The van der Waals surface area contributed by atoms with Crippen LogP contribution in [0.2, 0.25) is 0 Å². The van der Waals surface area contributed by atoms with E-state index >= 15 is 0 Å². The maximum Gasteiger partial charge on any atom is 0.269 e. The molecule has 2 aromatic heterocycles. The molecule has 0 N–H and O–H groups in total. The Bertz CT molecular complexity index is 1620. The van der Waals surface area contributed by atoms with Crippen molar-refractivity contribution in [3.63, 3.8) is 0 Å². The highest BCUT2D eigenvalue weighted by atomic mass is 32.2. The highest BCUT2D eigenvalue weighted by Crippen LogP contribution is 2.37. The Morgan fingerprint density at radius 2 is 1.86 bits per heavy atom. The van der Waals surface area contributed by atoms with Crippen molar-refractivity contribution in [3.8, 4) is 11.6 Å². The standard InChI is InChI=1S/C26H25N3O5S3/c1-26(2,3)16-7-9-18(10-8-16)34-22-19(23(30)28-12-5-4-6-21(28)27-22)14-20-24(31)29(25(35)36-20)17-11-13-37(32,33)15-17/h4-10,12,14,17H,11,13,15H2,1-3H3/b20-14-/t17-/m1/s1. The minimum absolute atomic E-state index is 0.0235. The summed E-state index contributed by atoms with van der Waals surface area (Å²) < 4.78 is 31.7. The molecule has 2 fully saturated rings. The lowest BCUT2D eigenvalue weighted by atomic mass is 9.87. The Kier molecular flexibility index (Phi) is 6.49. The monoisotopic (exact) mass is 555 g/mol. The molecule has 1 amide bonds. The van der Waals surface area contributed by atoms with Gasteiger partial charge in [0.1, 0.15) is 21.3 Å². The first-order chi connectivity index (χ1) is 17.4. The molecule has 5 rings (SSSR count). The average Bonchev–Trinajstić information content (AvgIpc) is 3.33. The molecule has 0 aliphatic carbocycles. The number of carbonyl (C=O) groups is 1. The predicted molar refractivity (Wildman–Crippen MR) is 149 cm³/mol. The van der Waals surface area contributed by atoms with Crippen LogP contribution in [0.1, 0.15) is 38.3 Å². The van der Waals surface area contributed by atoms with Crippen molar-refractivity contribution >= 4 is 55.8 Å². The number of aromatic nitrogens is 2. The van der Waals surface area contributed by atoms with Crippen molar-refractivity contribution in [1.29, 1.82) is 0 Å². The third kappa shape index (κ3) is 5.07. The van der Waals surface area contributed by atoms with Gasteiger partial charge in [-0.2, -0.15) is 4.98 Å². The SMILES string of the molecule is CC(C)(C)c1ccc(Oc2nc3ccccn3c(=O)c2/C=C2\SC(=S)N([C@@H]3CCS(=O)(=O)C3)C2=O)cc1. The molecule has 8 nitrogen and oxygen atoms in total. The molecular weight excluding hydrogens is 531 g/mol. The maximum absolute atomic E-state index is 13.5. The van der Waals surface area contributed by atoms with Crippen LogP contribution in [0.25, 0.3) is 11.7 Å². The minimum Gasteiger partial charge on any atom is -0.438 e. The molecule has 0 saturated carbocycles. The first kappa shape index (κ1) is 25.6. The number of ether oxygens (including phenoxy) is 1. The van der Waals surface area contributed by atoms with Gasteiger partial charge in [-0.3, -0.25) is 18.9 Å². The van der Waals surface area contributed by atoms with Crippen LogP contribution in [-0.4, -0.2) is 50.5 Å². The number of thiocarbonyl (C=S) groups is 1. The van der Waals surface area contributed by atoms with E-state index in [1.54, 1.807) is 24.4 Å². The van der Waals surface area contributed by atoms with Crippen LogP contribution in [0.15, 0.2) is 58.4 Å². The van der Waals surface area contributed by atoms with E-state index in [0.717, 1.165) is 17.3 Å². The number of hydrogen-bond donors (Lipinski definition) is 0. The zero-order valence-corrected chi connectivity index (χ0v) is 23.0. The summed E-state index contributed by atoms with van der Waals surface area (Å²) in [5, 5.41) is 0. The van der Waals surface area contributed by atoms with Crippen molar-refractivity contribution in [2.45, 2.75) is 38.6 Å². The maximum atomic E-state index is 13.5. The van der Waals surface area contributed by atoms with E-state index in [0.29, 0.717) is 17.8 Å². The number of rotatable bonds is 4. The molecule has 1 aromatic carbocycles. The normalized spacial score (nSPS) is 20.8. The molecule has 0 bridgehead atoms. The smallest absolute Gasteiger partial charge is 0.269 e. The van der Waals surface area contributed by atoms with Crippen LogP contribution in [0.3, 0.4) is 0 Å². The second kappa shape index (κ2) is 9.38. The molecule has 0 spiro atoms. The quantitative estimate of drug-likeness (QED) is 0.350. The first-order valence-corrected chi connectivity index (χ1v) is 14.7. The predicted octanol–water partition coefficient (Wildman–Crippen LogP) is 4.17. The number of sulfone groups is 1. The second-order valence-corrected chi connectivity index (χ2v) is 14.0. The third-order valence-electron chi connectivity index (χ3n) is 6.34. The lowest BCUT2D eigenvalue weighted by molar-refractivity contribution is -0.123. The molecule has 37 heavy (non-hydrogen) atoms. The summed E-state index contributed by atoms with van der Waals surface area (Å²) in [5.74, 6) is 0.0451. The second-order valence-electron chi connectivity index (χ2n) is 10.0. The topological polar surface area (TPSA) is 98.1 Å². The molecule has 2 aliphatic rings. The number of pyridine rings is 1. The van der Waals surface area contributed by atoms with E-state index in [2.05, 4.69) is 25.8 Å². The van der Waals surface area contributed by atoms with Gasteiger partial charge in [-0.1, -0.05) is 63.0 Å². The molecule has 3 aromatic rings. The van der Waals surface area contributed by atoms with Crippen LogP contribution >= 0.6 is 24.0 Å². The van der Waals surface area contributed by atoms with Crippen molar-refractivity contribution in [3.05, 3.63) is 75.0 Å². The Labute approximate surface area is 224 Å². The summed E-state index contributed by atoms with van der Waals surface area (Å²) in [6, 6.07) is 12.2. The van der Waals surface area contributed by atoms with E-state index in [1.807, 2.05) is 24.3 Å². The van der Waals surface area contributed by atoms with E-state index in [-0.39, 0.29) is 37.6 Å². The van der Waals surface area contributed by atoms with Gasteiger partial charge in [0.2, 0.25) is 5.88 Å². The van der Waals surface area contributed by atoms with Crippen LogP contribution < -0.4 is 10.3 Å². The van der Waals surface area contributed by atoms with Crippen LogP contribution in [0.5, 0.6) is 11.6 Å². The number of fused-ring (bicyclic) bond motifs is 1. The highest BCUT2D eigenvalue weighted by molar-refractivity contribution is 8.26. The molecule has 4 heterocycles. The Balaban J connectivity index is 1.55. The van der Waals surface area contributed by atoms with Gasteiger partial charge in [-0.25, -0.2) is 8.42 Å². The minimum atomic E-state index is -3.21. The number of hydrogen-bond acceptors (Lipinski definition) is 8. The average molecular weight is 556 g/mol. The zero-order valence-electron chi connectivity index (χ0n) is 20.5. The van der Waals surface area contributed by atoms with Gasteiger partial charge >= 0.3 is 0 Å². The van der Waals surface area contributed by atoms with Gasteiger partial charge in [0, 0.05) is 6.20 Å². The summed E-state index contributed by atoms with van der Waals surface area (Å²) in [4.78, 5) is 32.9. The number of benzene rings is 1. The molecule has 2 aliphatic heterocycles. The van der Waals surface area contributed by atoms with E-state index < -0.39 is 27.3 Å². The van der Waals surface area contributed by atoms with Crippen molar-refractivity contribution in [1.82, 2.24) is 14.3 Å². The lowest BCUT2D eigenvalue weighted by Gasteiger charge is -2.20. The number of thioether (sulfide) groups is 1. The highest BCUT2D eigenvalue weighted by Gasteiger charge is 2.42. The zero-order chi connectivity index (χ0) is 26.5. The van der Waals surface area contributed by atoms with Crippen molar-refractivity contribution < 1.29 is 17.9 Å². The summed E-state index contributed by atoms with van der Waals surface area (Å²) >= 11 is 6.45. The molecule has 1 atom stereocenters. The molecule has 192 valence electrons. The molecule has 0 unspecified atom stereocenters. The molecular formula is C26H25N3O5S3. The summed E-state index contributed by atoms with van der Waals surface area (Å²) in [5.41, 5.74) is 1.19. The van der Waals surface area contributed by atoms with Crippen molar-refractivity contribution in [2.24, 2.45) is 0 Å². The van der Waals surface area contributed by atoms with Gasteiger partial charge < -0.3 is 4.74 Å². The molecule has 0 radical (unpaired) electrons. The van der Waals surface area contributed by atoms with Gasteiger partial charge in [0.25, 0.3) is 11.5 Å². The lowest BCUT2D eigenvalue weighted by Crippen LogP contribution is -2.39. The van der Waals surface area contributed by atoms with E-state index in [9.17, 15) is 18.0 Å². The number of nitrogens with zero attached hydrogens (tertiary/aromatic N) is 3. The van der Waals surface area contributed by atoms with Gasteiger partial charge in [-0.05, 0) is 47.7 Å². The van der Waals surface area contributed by atoms with Gasteiger partial charge in [-0.15, -0.1) is 0 Å². The fraction of sp³-hybridized carbons (Fsp3) is 0.308. The van der Waals surface area contributed by atoms with Crippen molar-refractivity contribution in [2.75, 3.05) is 11.5 Å². The fourth-order valence-electron chi connectivity index (χ4n) is 4.32. The fourth-order valence-corrected chi connectivity index (χ4v) is 7.41. The van der Waals surface area contributed by atoms with Crippen LogP contribution in [-0.2, 0) is 20.0 Å². The number of amides is 1. The van der Waals surface area contributed by atoms with Crippen LogP contribution in [0.4, 0.5) is 0 Å². The first-order valence-electron chi connectivity index (χ1n) is 11.7. The largest absolute Gasteiger partial charge is 0.438 e. The number of carbonyl (C=O) groups excluding carboxylic acids is 1. The Hall–Kier alpha value is -3.02. The summed E-state index contributed by atoms with van der Waals surface area (Å²) in [7, 11) is -3.21. The molecule has 2 saturated heterocycles.